The van der Waals surface area contributed by atoms with E-state index < -0.39 is 35.2 Å². The molecule has 1 atom stereocenters. The van der Waals surface area contributed by atoms with Crippen LogP contribution in [-0.4, -0.2) is 25.0 Å². The summed E-state index contributed by atoms with van der Waals surface area (Å²) >= 11 is 0. The molecule has 7 heteroatoms. The fourth-order valence-electron chi connectivity index (χ4n) is 1.84. The van der Waals surface area contributed by atoms with Crippen LogP contribution in [0.2, 0.25) is 0 Å². The van der Waals surface area contributed by atoms with Gasteiger partial charge in [0.1, 0.15) is 6.04 Å². The maximum atomic E-state index is 12.9. The number of hydrogen-bond donors (Lipinski definition) is 1. The van der Waals surface area contributed by atoms with Gasteiger partial charge < -0.3 is 10.1 Å². The molecule has 0 aliphatic rings. The summed E-state index contributed by atoms with van der Waals surface area (Å²) < 4.78 is 43.2. The number of ether oxygens (including phenoxy) is 1. The predicted octanol–water partition coefficient (Wildman–Crippen LogP) is 2.94. The molecule has 0 aromatic heterocycles. The van der Waals surface area contributed by atoms with E-state index in [0.717, 1.165) is 19.2 Å². The Hall–Kier alpha value is -2.31. The number of amides is 1. The largest absolute Gasteiger partial charge is 0.467 e. The zero-order valence-electron chi connectivity index (χ0n) is 11.9. The van der Waals surface area contributed by atoms with Gasteiger partial charge in [0, 0.05) is 0 Å². The Balaban J connectivity index is 3.00. The Bertz CT molecular complexity index is 555. The zero-order valence-corrected chi connectivity index (χ0v) is 11.9. The van der Waals surface area contributed by atoms with E-state index in [-0.39, 0.29) is 6.42 Å². The van der Waals surface area contributed by atoms with Crippen molar-refractivity contribution in [1.29, 1.82) is 0 Å². The van der Waals surface area contributed by atoms with E-state index in [1.807, 2.05) is 0 Å². The third-order valence-electron chi connectivity index (χ3n) is 2.93. The van der Waals surface area contributed by atoms with Gasteiger partial charge in [0.25, 0.3) is 5.91 Å². The van der Waals surface area contributed by atoms with Crippen LogP contribution in [0.5, 0.6) is 0 Å². The van der Waals surface area contributed by atoms with Crippen LogP contribution in [0.15, 0.2) is 36.9 Å². The van der Waals surface area contributed by atoms with Gasteiger partial charge in [-0.1, -0.05) is 18.2 Å². The Kier molecular flexibility index (Phi) is 6.15. The first kappa shape index (κ1) is 17.7. The van der Waals surface area contributed by atoms with E-state index in [1.165, 1.54) is 18.2 Å². The smallest absolute Gasteiger partial charge is 0.417 e. The summed E-state index contributed by atoms with van der Waals surface area (Å²) in [7, 11) is 1.14. The maximum absolute atomic E-state index is 12.9. The maximum Gasteiger partial charge on any atom is 0.417 e. The molecule has 4 nitrogen and oxygen atoms in total. The van der Waals surface area contributed by atoms with Crippen molar-refractivity contribution in [2.24, 2.45) is 0 Å². The van der Waals surface area contributed by atoms with Crippen LogP contribution >= 0.6 is 0 Å². The normalized spacial score (nSPS) is 12.4. The van der Waals surface area contributed by atoms with Crippen molar-refractivity contribution in [3.8, 4) is 0 Å². The monoisotopic (exact) mass is 315 g/mol. The molecule has 1 aromatic carbocycles. The molecule has 0 aliphatic carbocycles. The van der Waals surface area contributed by atoms with E-state index in [1.54, 1.807) is 0 Å². The molecule has 120 valence electrons. The molecule has 1 rings (SSSR count). The molecule has 0 spiro atoms. The van der Waals surface area contributed by atoms with Gasteiger partial charge in [-0.25, -0.2) is 4.79 Å². The fourth-order valence-corrected chi connectivity index (χ4v) is 1.84. The van der Waals surface area contributed by atoms with Crippen molar-refractivity contribution in [3.63, 3.8) is 0 Å². The molecule has 0 fully saturated rings. The zero-order chi connectivity index (χ0) is 16.8. The second kappa shape index (κ2) is 7.63. The Labute approximate surface area is 126 Å². The molecule has 0 saturated heterocycles. The molecule has 0 radical (unpaired) electrons. The minimum Gasteiger partial charge on any atom is -0.467 e. The van der Waals surface area contributed by atoms with Crippen LogP contribution < -0.4 is 5.32 Å². The van der Waals surface area contributed by atoms with Gasteiger partial charge >= 0.3 is 12.1 Å². The number of esters is 1. The standard InChI is InChI=1S/C15H16F3NO3/c1-3-4-9-12(14(21)22-2)19-13(20)10-7-5-6-8-11(10)15(16,17)18/h3,5-8,12H,1,4,9H2,2H3,(H,19,20)/t12-/m1/s1. The van der Waals surface area contributed by atoms with Crippen molar-refractivity contribution in [2.45, 2.75) is 25.1 Å². The highest BCUT2D eigenvalue weighted by molar-refractivity contribution is 5.98. The summed E-state index contributed by atoms with van der Waals surface area (Å²) in [6.45, 7) is 3.49. The van der Waals surface area contributed by atoms with Crippen LogP contribution in [0.3, 0.4) is 0 Å². The van der Waals surface area contributed by atoms with E-state index >= 15 is 0 Å². The lowest BCUT2D eigenvalue weighted by molar-refractivity contribution is -0.143. The van der Waals surface area contributed by atoms with E-state index in [4.69, 9.17) is 0 Å². The topological polar surface area (TPSA) is 55.4 Å². The van der Waals surface area contributed by atoms with Crippen molar-refractivity contribution in [3.05, 3.63) is 48.0 Å². The summed E-state index contributed by atoms with van der Waals surface area (Å²) in [5.41, 5.74) is -1.60. The lowest BCUT2D eigenvalue weighted by Crippen LogP contribution is -2.42. The first-order chi connectivity index (χ1) is 10.3. The molecule has 0 unspecified atom stereocenters. The molecule has 0 heterocycles. The summed E-state index contributed by atoms with van der Waals surface area (Å²) in [4.78, 5) is 23.6. The number of benzene rings is 1. The summed E-state index contributed by atoms with van der Waals surface area (Å²) in [5, 5.41) is 2.27. The molecule has 0 aliphatic heterocycles. The first-order valence-electron chi connectivity index (χ1n) is 6.47. The van der Waals surface area contributed by atoms with Gasteiger partial charge in [0.05, 0.1) is 18.2 Å². The third-order valence-corrected chi connectivity index (χ3v) is 2.93. The van der Waals surface area contributed by atoms with Crippen LogP contribution in [0.4, 0.5) is 13.2 Å². The highest BCUT2D eigenvalue weighted by atomic mass is 19.4. The number of allylic oxidation sites excluding steroid dienone is 1. The quantitative estimate of drug-likeness (QED) is 0.648. The van der Waals surface area contributed by atoms with Gasteiger partial charge in [-0.05, 0) is 25.0 Å². The molecular formula is C15H16F3NO3. The summed E-state index contributed by atoms with van der Waals surface area (Å²) in [6, 6.07) is 3.35. The molecule has 1 N–H and O–H groups in total. The molecule has 1 amide bonds. The van der Waals surface area contributed by atoms with Crippen molar-refractivity contribution < 1.29 is 27.5 Å². The summed E-state index contributed by atoms with van der Waals surface area (Å²) in [6.07, 6.45) is -2.53. The molecular weight excluding hydrogens is 299 g/mol. The molecule has 0 saturated carbocycles. The average Bonchev–Trinajstić information content (AvgIpc) is 2.49. The number of rotatable bonds is 6. The lowest BCUT2D eigenvalue weighted by Gasteiger charge is -2.17. The van der Waals surface area contributed by atoms with Gasteiger partial charge in [0.2, 0.25) is 0 Å². The van der Waals surface area contributed by atoms with Gasteiger partial charge in [-0.15, -0.1) is 6.58 Å². The van der Waals surface area contributed by atoms with Gasteiger partial charge in [0.15, 0.2) is 0 Å². The van der Waals surface area contributed by atoms with E-state index in [9.17, 15) is 22.8 Å². The predicted molar refractivity (Wildman–Crippen MR) is 74.1 cm³/mol. The first-order valence-corrected chi connectivity index (χ1v) is 6.47. The van der Waals surface area contributed by atoms with E-state index in [2.05, 4.69) is 16.6 Å². The minimum atomic E-state index is -4.66. The Morgan fingerprint density at radius 1 is 1.36 bits per heavy atom. The van der Waals surface area contributed by atoms with Gasteiger partial charge in [-0.3, -0.25) is 4.79 Å². The second-order valence-electron chi connectivity index (χ2n) is 4.46. The fraction of sp³-hybridized carbons (Fsp3) is 0.333. The second-order valence-corrected chi connectivity index (χ2v) is 4.46. The molecule has 0 bridgehead atoms. The molecule has 1 aromatic rings. The SMILES string of the molecule is C=CCC[C@@H](NC(=O)c1ccccc1C(F)(F)F)C(=O)OC. The van der Waals surface area contributed by atoms with Gasteiger partial charge in [-0.2, -0.15) is 13.2 Å². The third kappa shape index (κ3) is 4.61. The molecule has 22 heavy (non-hydrogen) atoms. The van der Waals surface area contributed by atoms with Crippen LogP contribution in [0.1, 0.15) is 28.8 Å². The number of carbonyl (C=O) groups excluding carboxylic acids is 2. The Morgan fingerprint density at radius 2 is 2.00 bits per heavy atom. The van der Waals surface area contributed by atoms with Crippen LogP contribution in [-0.2, 0) is 15.7 Å². The van der Waals surface area contributed by atoms with Crippen molar-refractivity contribution >= 4 is 11.9 Å². The summed E-state index contributed by atoms with van der Waals surface area (Å²) in [5.74, 6) is -1.70. The van der Waals surface area contributed by atoms with E-state index in [0.29, 0.717) is 6.42 Å². The highest BCUT2D eigenvalue weighted by Gasteiger charge is 2.35. The van der Waals surface area contributed by atoms with Crippen LogP contribution in [0, 0.1) is 0 Å². The van der Waals surface area contributed by atoms with Crippen molar-refractivity contribution in [1.82, 2.24) is 5.32 Å². The number of hydrogen-bond acceptors (Lipinski definition) is 3. The van der Waals surface area contributed by atoms with Crippen LogP contribution in [0.25, 0.3) is 0 Å². The number of halogens is 3. The number of nitrogens with one attached hydrogen (secondary N) is 1. The number of carbonyl (C=O) groups is 2. The number of alkyl halides is 3. The van der Waals surface area contributed by atoms with Crippen molar-refractivity contribution in [2.75, 3.05) is 7.11 Å². The number of methoxy groups -OCH3 is 1. The highest BCUT2D eigenvalue weighted by Crippen LogP contribution is 2.31. The lowest BCUT2D eigenvalue weighted by atomic mass is 10.1. The average molecular weight is 315 g/mol. The minimum absolute atomic E-state index is 0.191. The Morgan fingerprint density at radius 3 is 2.55 bits per heavy atom.